The third-order valence-electron chi connectivity index (χ3n) is 7.95. The van der Waals surface area contributed by atoms with Gasteiger partial charge >= 0.3 is 12.1 Å². The van der Waals surface area contributed by atoms with Crippen LogP contribution in [0.2, 0.25) is 0 Å². The molecule has 0 aliphatic carbocycles. The van der Waals surface area contributed by atoms with Crippen LogP contribution >= 0.6 is 0 Å². The minimum atomic E-state index is -4.78. The molecule has 0 aliphatic rings. The summed E-state index contributed by atoms with van der Waals surface area (Å²) < 4.78 is 58.4. The van der Waals surface area contributed by atoms with Crippen molar-refractivity contribution >= 4 is 11.9 Å². The first kappa shape index (κ1) is 36.5. The van der Waals surface area contributed by atoms with Crippen molar-refractivity contribution in [3.8, 4) is 11.1 Å². The van der Waals surface area contributed by atoms with E-state index in [-0.39, 0.29) is 42.0 Å². The molecule has 46 heavy (non-hydrogen) atoms. The molecule has 0 unspecified atom stereocenters. The van der Waals surface area contributed by atoms with Crippen molar-refractivity contribution in [3.63, 3.8) is 0 Å². The van der Waals surface area contributed by atoms with Crippen LogP contribution in [0.4, 0.5) is 17.6 Å². The van der Waals surface area contributed by atoms with Gasteiger partial charge in [-0.2, -0.15) is 13.2 Å². The smallest absolute Gasteiger partial charge is 0.416 e. The van der Waals surface area contributed by atoms with E-state index in [1.54, 1.807) is 45.8 Å². The molecule has 2 N–H and O–H groups in total. The van der Waals surface area contributed by atoms with Crippen molar-refractivity contribution in [3.05, 3.63) is 91.6 Å². The van der Waals surface area contributed by atoms with Crippen LogP contribution in [-0.4, -0.2) is 47.1 Å². The Hall–Kier alpha value is -3.99. The first-order chi connectivity index (χ1) is 21.3. The molecule has 2 aromatic carbocycles. The van der Waals surface area contributed by atoms with Crippen molar-refractivity contribution < 1.29 is 32.3 Å². The molecule has 0 saturated carbocycles. The van der Waals surface area contributed by atoms with Crippen molar-refractivity contribution in [1.82, 2.24) is 14.8 Å². The van der Waals surface area contributed by atoms with E-state index in [0.717, 1.165) is 33.0 Å². The van der Waals surface area contributed by atoms with Gasteiger partial charge in [-0.1, -0.05) is 31.5 Å². The zero-order valence-electron chi connectivity index (χ0n) is 27.6. The highest BCUT2D eigenvalue weighted by Gasteiger charge is 2.36. The van der Waals surface area contributed by atoms with Gasteiger partial charge < -0.3 is 19.9 Å². The van der Waals surface area contributed by atoms with Gasteiger partial charge in [0, 0.05) is 24.4 Å². The minimum absolute atomic E-state index is 0.0328. The van der Waals surface area contributed by atoms with Gasteiger partial charge in [-0.25, -0.2) is 4.39 Å². The lowest BCUT2D eigenvalue weighted by molar-refractivity contribution is -0.139. The number of halogens is 4. The molecule has 1 amide bonds. The number of pyridine rings is 1. The molecule has 1 aromatic heterocycles. The van der Waals surface area contributed by atoms with Gasteiger partial charge in [-0.05, 0) is 106 Å². The van der Waals surface area contributed by atoms with Gasteiger partial charge in [0.15, 0.2) is 0 Å². The highest BCUT2D eigenvalue weighted by atomic mass is 19.4. The Morgan fingerprint density at radius 2 is 1.59 bits per heavy atom. The molecule has 11 heteroatoms. The number of amides is 1. The average Bonchev–Trinajstić information content (AvgIpc) is 2.90. The van der Waals surface area contributed by atoms with E-state index < -0.39 is 53.5 Å². The second kappa shape index (κ2) is 14.6. The van der Waals surface area contributed by atoms with E-state index in [1.807, 2.05) is 32.9 Å². The van der Waals surface area contributed by atoms with Gasteiger partial charge in [0.05, 0.1) is 18.0 Å². The maximum absolute atomic E-state index is 15.8. The van der Waals surface area contributed by atoms with E-state index >= 15 is 4.39 Å². The quantitative estimate of drug-likeness (QED) is 0.209. The van der Waals surface area contributed by atoms with Crippen LogP contribution in [0.3, 0.4) is 0 Å². The summed E-state index contributed by atoms with van der Waals surface area (Å²) in [6.07, 6.45) is -4.34. The van der Waals surface area contributed by atoms with Crippen LogP contribution in [0.5, 0.6) is 0 Å². The van der Waals surface area contributed by atoms with Crippen molar-refractivity contribution in [1.29, 1.82) is 0 Å². The standard InChI is InChI=1S/C35H43F4N3O4/c1-19(2)11-29(42-18-24(9-10-41(7)8)27(16-30(42)43)35(37,38)39)34(46)40-28(17-31(44)45)26-15-25(14-23(6)33(26)36)32-21(4)12-20(3)13-22(32)5/h12-16,18-19,28-29H,9-11,17H2,1-8H3,(H,40,46)(H,44,45)/t28-,29-/m0/s1. The molecule has 0 saturated heterocycles. The number of carboxylic acids is 1. The summed E-state index contributed by atoms with van der Waals surface area (Å²) in [5.41, 5.74) is 2.40. The number of aliphatic carboxylic acids is 1. The Morgan fingerprint density at radius 3 is 2.11 bits per heavy atom. The monoisotopic (exact) mass is 645 g/mol. The largest absolute Gasteiger partial charge is 0.481 e. The Bertz CT molecular complexity index is 1640. The van der Waals surface area contributed by atoms with Crippen LogP contribution in [0.15, 0.2) is 41.3 Å². The highest BCUT2D eigenvalue weighted by Crippen LogP contribution is 2.35. The zero-order valence-corrected chi connectivity index (χ0v) is 27.6. The molecule has 0 radical (unpaired) electrons. The topological polar surface area (TPSA) is 91.6 Å². The van der Waals surface area contributed by atoms with Gasteiger partial charge in [-0.3, -0.25) is 14.4 Å². The van der Waals surface area contributed by atoms with Crippen LogP contribution in [0.1, 0.15) is 77.7 Å². The summed E-state index contributed by atoms with van der Waals surface area (Å²) in [5.74, 6) is -2.96. The number of aromatic nitrogens is 1. The van der Waals surface area contributed by atoms with E-state index in [9.17, 15) is 32.7 Å². The molecule has 250 valence electrons. The third kappa shape index (κ3) is 8.84. The Labute approximate surface area is 267 Å². The Morgan fingerprint density at radius 1 is 0.978 bits per heavy atom. The summed E-state index contributed by atoms with van der Waals surface area (Å²) in [6, 6.07) is 5.06. The second-order valence-electron chi connectivity index (χ2n) is 12.8. The lowest BCUT2D eigenvalue weighted by Gasteiger charge is -2.27. The first-order valence-electron chi connectivity index (χ1n) is 15.2. The number of alkyl halides is 3. The number of nitrogens with one attached hydrogen (secondary N) is 1. The molecule has 3 aromatic rings. The Balaban J connectivity index is 2.15. The summed E-state index contributed by atoms with van der Waals surface area (Å²) in [6.45, 7) is 11.2. The molecule has 0 aliphatic heterocycles. The summed E-state index contributed by atoms with van der Waals surface area (Å²) >= 11 is 0. The van der Waals surface area contributed by atoms with Crippen molar-refractivity contribution in [2.75, 3.05) is 20.6 Å². The number of likely N-dealkylation sites (N-methyl/N-ethyl adjacent to an activating group) is 1. The number of hydrogen-bond donors (Lipinski definition) is 2. The van der Waals surface area contributed by atoms with Gasteiger partial charge in [0.1, 0.15) is 11.9 Å². The number of rotatable bonds is 12. The van der Waals surface area contributed by atoms with Crippen molar-refractivity contribution in [2.24, 2.45) is 5.92 Å². The van der Waals surface area contributed by atoms with E-state index in [0.29, 0.717) is 11.6 Å². The van der Waals surface area contributed by atoms with Crippen LogP contribution in [0, 0.1) is 39.4 Å². The molecule has 0 spiro atoms. The fourth-order valence-electron chi connectivity index (χ4n) is 5.95. The molecule has 0 fully saturated rings. The van der Waals surface area contributed by atoms with E-state index in [2.05, 4.69) is 5.32 Å². The highest BCUT2D eigenvalue weighted by molar-refractivity contribution is 5.82. The molecule has 3 rings (SSSR count). The number of aryl methyl sites for hydroxylation is 4. The van der Waals surface area contributed by atoms with Crippen LogP contribution < -0.4 is 10.9 Å². The number of carbonyl (C=O) groups is 2. The first-order valence-corrected chi connectivity index (χ1v) is 15.2. The maximum atomic E-state index is 15.8. The molecule has 2 atom stereocenters. The van der Waals surface area contributed by atoms with E-state index in [1.165, 1.54) is 6.07 Å². The summed E-state index contributed by atoms with van der Waals surface area (Å²) in [4.78, 5) is 40.8. The predicted molar refractivity (Wildman–Crippen MR) is 170 cm³/mol. The molecular formula is C35H43F4N3O4. The van der Waals surface area contributed by atoms with Gasteiger partial charge in [0.25, 0.3) is 5.56 Å². The zero-order chi connectivity index (χ0) is 34.7. The fourth-order valence-corrected chi connectivity index (χ4v) is 5.95. The second-order valence-corrected chi connectivity index (χ2v) is 12.8. The van der Waals surface area contributed by atoms with Crippen molar-refractivity contribution in [2.45, 2.75) is 79.1 Å². The lowest BCUT2D eigenvalue weighted by atomic mass is 9.89. The summed E-state index contributed by atoms with van der Waals surface area (Å²) in [7, 11) is 3.41. The van der Waals surface area contributed by atoms with E-state index in [4.69, 9.17) is 0 Å². The predicted octanol–water partition coefficient (Wildman–Crippen LogP) is 6.93. The van der Waals surface area contributed by atoms with Gasteiger partial charge in [0.2, 0.25) is 5.91 Å². The minimum Gasteiger partial charge on any atom is -0.481 e. The average molecular weight is 646 g/mol. The fraction of sp³-hybridized carbons (Fsp3) is 0.457. The van der Waals surface area contributed by atoms with Crippen LogP contribution in [-0.2, 0) is 22.2 Å². The molecule has 1 heterocycles. The number of nitrogens with zero attached hydrogens (tertiary/aromatic N) is 2. The third-order valence-corrected chi connectivity index (χ3v) is 7.95. The molecule has 0 bridgehead atoms. The van der Waals surface area contributed by atoms with Gasteiger partial charge in [-0.15, -0.1) is 0 Å². The molecular weight excluding hydrogens is 602 g/mol. The SMILES string of the molecule is Cc1cc(C)c(-c2cc(C)c(F)c([C@H](CC(=O)O)NC(=O)[C@H](CC(C)C)n3cc(CCN(C)C)c(C(F)(F)F)cc3=O)c2)c(C)c1. The van der Waals surface area contributed by atoms with Crippen LogP contribution in [0.25, 0.3) is 11.1 Å². The number of hydrogen-bond acceptors (Lipinski definition) is 4. The number of carbonyl (C=O) groups excluding carboxylic acids is 1. The maximum Gasteiger partial charge on any atom is 0.416 e. The number of benzene rings is 2. The normalized spacial score (nSPS) is 13.3. The Kier molecular flexibility index (Phi) is 11.6. The molecule has 7 nitrogen and oxygen atoms in total. The number of carboxylic acid groups (broad SMARTS) is 1. The lowest BCUT2D eigenvalue weighted by Crippen LogP contribution is -2.41. The summed E-state index contributed by atoms with van der Waals surface area (Å²) in [5, 5.41) is 12.4.